The van der Waals surface area contributed by atoms with Crippen molar-refractivity contribution in [1.29, 1.82) is 0 Å². The fraction of sp³-hybridized carbons (Fsp3) is 0. The van der Waals surface area contributed by atoms with E-state index >= 15 is 0 Å². The molecule has 0 bridgehead atoms. The monoisotopic (exact) mass is 212 g/mol. The molecule has 0 atom stereocenters. The van der Waals surface area contributed by atoms with E-state index in [2.05, 4.69) is 4.79 Å². The van der Waals surface area contributed by atoms with Crippen molar-refractivity contribution in [2.45, 2.75) is 0 Å². The van der Waals surface area contributed by atoms with Crippen LogP contribution < -0.4 is 0 Å². The number of carboxylic acid groups (broad SMARTS) is 1. The van der Waals surface area contributed by atoms with Crippen molar-refractivity contribution in [2.75, 3.05) is 0 Å². The number of rotatable bonds is 2. The van der Waals surface area contributed by atoms with Gasteiger partial charge in [0.2, 0.25) is 0 Å². The highest BCUT2D eigenvalue weighted by Gasteiger charge is 2.21. The highest BCUT2D eigenvalue weighted by atomic mass is 16.4. The summed E-state index contributed by atoms with van der Waals surface area (Å²) in [6.45, 7) is 0. The Morgan fingerprint density at radius 1 is 1.12 bits per heavy atom. The first kappa shape index (κ1) is 10.1. The van der Waals surface area contributed by atoms with E-state index in [4.69, 9.17) is 10.6 Å². The average molecular weight is 212 g/mol. The molecule has 0 aliphatic heterocycles. The zero-order chi connectivity index (χ0) is 11.5. The molecule has 0 saturated heterocycles. The molecule has 2 rings (SSSR count). The standard InChI is InChI=1S/C12H8N2O2/c13-14-11(12(15)16)10-6-5-8-3-1-2-4-9(8)7-10/h1-7H,(H,15,16). The number of carbonyl (C=O) groups is 1. The van der Waals surface area contributed by atoms with Crippen molar-refractivity contribution in [2.24, 2.45) is 0 Å². The van der Waals surface area contributed by atoms with Gasteiger partial charge in [-0.05, 0) is 22.9 Å². The topological polar surface area (TPSA) is 73.7 Å². The number of carboxylic acids is 1. The summed E-state index contributed by atoms with van der Waals surface area (Å²) >= 11 is 0. The number of hydrogen-bond donors (Lipinski definition) is 1. The van der Waals surface area contributed by atoms with Gasteiger partial charge in [0.25, 0.3) is 0 Å². The average Bonchev–Trinajstić information content (AvgIpc) is 2.29. The van der Waals surface area contributed by atoms with Crippen molar-refractivity contribution >= 4 is 22.5 Å². The van der Waals surface area contributed by atoms with Gasteiger partial charge >= 0.3 is 11.7 Å². The zero-order valence-electron chi connectivity index (χ0n) is 8.29. The molecule has 0 spiro atoms. The third kappa shape index (κ3) is 1.69. The highest BCUT2D eigenvalue weighted by molar-refractivity contribution is 6.40. The lowest BCUT2D eigenvalue weighted by molar-refractivity contribution is -0.133. The second kappa shape index (κ2) is 3.96. The van der Waals surface area contributed by atoms with Crippen LogP contribution in [0.1, 0.15) is 5.56 Å². The molecule has 0 aliphatic carbocycles. The van der Waals surface area contributed by atoms with E-state index in [-0.39, 0.29) is 5.71 Å². The predicted molar refractivity (Wildman–Crippen MR) is 59.3 cm³/mol. The van der Waals surface area contributed by atoms with Gasteiger partial charge in [-0.2, -0.15) is 4.79 Å². The number of hydrogen-bond acceptors (Lipinski definition) is 1. The molecule has 0 aliphatic rings. The van der Waals surface area contributed by atoms with Gasteiger partial charge in [0.15, 0.2) is 0 Å². The summed E-state index contributed by atoms with van der Waals surface area (Å²) < 4.78 is 0. The van der Waals surface area contributed by atoms with E-state index in [1.165, 1.54) is 0 Å². The minimum absolute atomic E-state index is 0.356. The van der Waals surface area contributed by atoms with Crippen LogP contribution in [0.25, 0.3) is 16.3 Å². The maximum absolute atomic E-state index is 10.8. The van der Waals surface area contributed by atoms with Crippen molar-refractivity contribution in [1.82, 2.24) is 0 Å². The first-order valence-corrected chi connectivity index (χ1v) is 4.67. The summed E-state index contributed by atoms with van der Waals surface area (Å²) in [5.74, 6) is -1.25. The van der Waals surface area contributed by atoms with Gasteiger partial charge in [0, 0.05) is 0 Å². The molecule has 0 heterocycles. The maximum atomic E-state index is 10.8. The number of benzene rings is 2. The first-order chi connectivity index (χ1) is 7.72. The lowest BCUT2D eigenvalue weighted by Gasteiger charge is -1.97. The van der Waals surface area contributed by atoms with Crippen LogP contribution in [0.5, 0.6) is 0 Å². The summed E-state index contributed by atoms with van der Waals surface area (Å²) in [5.41, 5.74) is 8.66. The molecular formula is C12H8N2O2. The van der Waals surface area contributed by atoms with Crippen molar-refractivity contribution in [3.8, 4) is 0 Å². The molecule has 2 aromatic carbocycles. The number of fused-ring (bicyclic) bond motifs is 1. The molecule has 16 heavy (non-hydrogen) atoms. The van der Waals surface area contributed by atoms with E-state index in [0.29, 0.717) is 5.56 Å². The van der Waals surface area contributed by atoms with E-state index in [0.717, 1.165) is 10.8 Å². The van der Waals surface area contributed by atoms with Crippen molar-refractivity contribution < 1.29 is 14.7 Å². The molecule has 0 unspecified atom stereocenters. The molecular weight excluding hydrogens is 204 g/mol. The Kier molecular flexibility index (Phi) is 2.50. The van der Waals surface area contributed by atoms with Gasteiger partial charge in [-0.15, -0.1) is 0 Å². The van der Waals surface area contributed by atoms with Gasteiger partial charge in [-0.25, -0.2) is 4.79 Å². The van der Waals surface area contributed by atoms with Gasteiger partial charge in [0.05, 0.1) is 5.56 Å². The van der Waals surface area contributed by atoms with Crippen LogP contribution in [0.4, 0.5) is 0 Å². The second-order valence-corrected chi connectivity index (χ2v) is 3.32. The van der Waals surface area contributed by atoms with Crippen LogP contribution >= 0.6 is 0 Å². The van der Waals surface area contributed by atoms with Crippen LogP contribution in [0.15, 0.2) is 42.5 Å². The predicted octanol–water partition coefficient (Wildman–Crippen LogP) is 1.94. The van der Waals surface area contributed by atoms with E-state index in [9.17, 15) is 4.79 Å². The van der Waals surface area contributed by atoms with E-state index in [1.54, 1.807) is 18.2 Å². The fourth-order valence-corrected chi connectivity index (χ4v) is 1.56. The lowest BCUT2D eigenvalue weighted by Crippen LogP contribution is -2.15. The van der Waals surface area contributed by atoms with Gasteiger partial charge < -0.3 is 10.6 Å². The lowest BCUT2D eigenvalue weighted by atomic mass is 10.0. The zero-order valence-corrected chi connectivity index (χ0v) is 8.29. The normalized spacial score (nSPS) is 9.75. The van der Waals surface area contributed by atoms with Crippen LogP contribution in [0, 0.1) is 0 Å². The Balaban J connectivity index is 2.63. The van der Waals surface area contributed by atoms with Crippen molar-refractivity contribution in [3.63, 3.8) is 0 Å². The number of nitrogens with zero attached hydrogens (tertiary/aromatic N) is 2. The third-order valence-electron chi connectivity index (χ3n) is 2.33. The fourth-order valence-electron chi connectivity index (χ4n) is 1.56. The van der Waals surface area contributed by atoms with Crippen LogP contribution in [0.3, 0.4) is 0 Å². The molecule has 2 aromatic rings. The minimum atomic E-state index is -1.25. The molecule has 1 N–H and O–H groups in total. The molecule has 0 amide bonds. The maximum Gasteiger partial charge on any atom is 0.419 e. The second-order valence-electron chi connectivity index (χ2n) is 3.32. The Labute approximate surface area is 91.4 Å². The van der Waals surface area contributed by atoms with E-state index < -0.39 is 5.97 Å². The van der Waals surface area contributed by atoms with Gasteiger partial charge in [0.1, 0.15) is 0 Å². The molecule has 0 fully saturated rings. The van der Waals surface area contributed by atoms with Gasteiger partial charge in [-0.3, -0.25) is 0 Å². The summed E-state index contributed by atoms with van der Waals surface area (Å²) in [6.07, 6.45) is 0. The first-order valence-electron chi connectivity index (χ1n) is 4.67. The highest BCUT2D eigenvalue weighted by Crippen LogP contribution is 2.15. The SMILES string of the molecule is [N-]=[N+]=C(C(=O)O)c1ccc2ccccc2c1. The largest absolute Gasteiger partial charge is 0.472 e. The van der Waals surface area contributed by atoms with Crippen LogP contribution in [-0.2, 0) is 4.79 Å². The Hall–Kier alpha value is -2.45. The smallest absolute Gasteiger partial charge is 0.419 e. The summed E-state index contributed by atoms with van der Waals surface area (Å²) in [5, 5.41) is 10.7. The van der Waals surface area contributed by atoms with Crippen LogP contribution in [0.2, 0.25) is 0 Å². The minimum Gasteiger partial charge on any atom is -0.472 e. The molecule has 78 valence electrons. The van der Waals surface area contributed by atoms with Crippen molar-refractivity contribution in [3.05, 3.63) is 53.6 Å². The quantitative estimate of drug-likeness (QED) is 0.469. The molecule has 4 heteroatoms. The van der Waals surface area contributed by atoms with E-state index in [1.807, 2.05) is 24.3 Å². The van der Waals surface area contributed by atoms with Crippen LogP contribution in [-0.4, -0.2) is 21.6 Å². The summed E-state index contributed by atoms with van der Waals surface area (Å²) in [7, 11) is 0. The molecule has 0 radical (unpaired) electrons. The Morgan fingerprint density at radius 3 is 2.44 bits per heavy atom. The Bertz CT molecular complexity index is 613. The van der Waals surface area contributed by atoms with Gasteiger partial charge in [-0.1, -0.05) is 30.3 Å². The molecule has 4 nitrogen and oxygen atoms in total. The Morgan fingerprint density at radius 2 is 1.81 bits per heavy atom. The molecule has 0 aromatic heterocycles. The summed E-state index contributed by atoms with van der Waals surface area (Å²) in [6, 6.07) is 12.6. The number of aliphatic carboxylic acids is 1. The summed E-state index contributed by atoms with van der Waals surface area (Å²) in [4.78, 5) is 13.6. The molecule has 0 saturated carbocycles. The third-order valence-corrected chi connectivity index (χ3v) is 2.33.